The lowest BCUT2D eigenvalue weighted by Gasteiger charge is -2.17. The minimum Gasteiger partial charge on any atom is -0.338 e. The van der Waals surface area contributed by atoms with E-state index in [2.05, 4.69) is 20.6 Å². The molecule has 0 fully saturated rings. The molecular weight excluding hydrogens is 384 g/mol. The number of nitrogens with zero attached hydrogens (tertiary/aromatic N) is 1. The number of benzene rings is 3. The molecule has 0 aliphatic carbocycles. The molecule has 0 unspecified atom stereocenters. The fourth-order valence-corrected chi connectivity index (χ4v) is 4.05. The second-order valence-electron chi connectivity index (χ2n) is 6.69. The Bertz CT molecular complexity index is 1230. The lowest BCUT2D eigenvalue weighted by atomic mass is 10.1. The number of rotatable bonds is 3. The number of imidazole rings is 1. The lowest BCUT2D eigenvalue weighted by Crippen LogP contribution is -2.19. The van der Waals surface area contributed by atoms with Crippen LogP contribution >= 0.6 is 11.8 Å². The van der Waals surface area contributed by atoms with Crippen LogP contribution in [0.4, 0.5) is 11.4 Å². The SMILES string of the molecule is O=C1CSc2ccc(C(=O)Nc3cccc(-c4nc5ccccc5[nH]4)c3)cc2N1. The third-order valence-corrected chi connectivity index (χ3v) is 5.73. The van der Waals surface area contributed by atoms with E-state index >= 15 is 0 Å². The highest BCUT2D eigenvalue weighted by molar-refractivity contribution is 8.00. The number of para-hydroxylation sites is 2. The van der Waals surface area contributed by atoms with Crippen LogP contribution in [0.5, 0.6) is 0 Å². The third-order valence-electron chi connectivity index (χ3n) is 4.66. The van der Waals surface area contributed by atoms with Gasteiger partial charge in [0.05, 0.1) is 22.5 Å². The van der Waals surface area contributed by atoms with E-state index in [1.165, 1.54) is 11.8 Å². The van der Waals surface area contributed by atoms with Crippen LogP contribution < -0.4 is 10.6 Å². The van der Waals surface area contributed by atoms with Gasteiger partial charge in [0.1, 0.15) is 5.82 Å². The summed E-state index contributed by atoms with van der Waals surface area (Å²) in [7, 11) is 0. The van der Waals surface area contributed by atoms with Gasteiger partial charge < -0.3 is 15.6 Å². The number of hydrogen-bond acceptors (Lipinski definition) is 4. The largest absolute Gasteiger partial charge is 0.338 e. The highest BCUT2D eigenvalue weighted by atomic mass is 32.2. The Balaban J connectivity index is 1.39. The van der Waals surface area contributed by atoms with E-state index in [9.17, 15) is 9.59 Å². The normalized spacial score (nSPS) is 13.0. The molecule has 7 heteroatoms. The Hall–Kier alpha value is -3.58. The molecule has 2 heterocycles. The molecule has 1 aliphatic heterocycles. The maximum Gasteiger partial charge on any atom is 0.255 e. The predicted molar refractivity (Wildman–Crippen MR) is 115 cm³/mol. The van der Waals surface area contributed by atoms with Crippen molar-refractivity contribution in [2.45, 2.75) is 4.90 Å². The zero-order valence-corrected chi connectivity index (χ0v) is 16.0. The molecule has 29 heavy (non-hydrogen) atoms. The first-order valence-electron chi connectivity index (χ1n) is 9.09. The first-order valence-corrected chi connectivity index (χ1v) is 10.1. The number of fused-ring (bicyclic) bond motifs is 2. The van der Waals surface area contributed by atoms with Crippen molar-refractivity contribution in [1.29, 1.82) is 0 Å². The Morgan fingerprint density at radius 1 is 1.03 bits per heavy atom. The van der Waals surface area contributed by atoms with E-state index in [-0.39, 0.29) is 11.8 Å². The van der Waals surface area contributed by atoms with Crippen molar-refractivity contribution in [3.63, 3.8) is 0 Å². The van der Waals surface area contributed by atoms with Crippen molar-refractivity contribution in [1.82, 2.24) is 9.97 Å². The molecule has 5 rings (SSSR count). The highest BCUT2D eigenvalue weighted by Gasteiger charge is 2.17. The van der Waals surface area contributed by atoms with Gasteiger partial charge >= 0.3 is 0 Å². The van der Waals surface area contributed by atoms with Gasteiger partial charge in [0.15, 0.2) is 0 Å². The third kappa shape index (κ3) is 3.48. The van der Waals surface area contributed by atoms with Crippen molar-refractivity contribution in [2.24, 2.45) is 0 Å². The molecule has 1 aliphatic rings. The standard InChI is InChI=1S/C22H16N4O2S/c27-20-12-29-19-9-8-14(11-18(19)24-20)22(28)23-15-5-3-4-13(10-15)21-25-16-6-1-2-7-17(16)26-21/h1-11H,12H2,(H,23,28)(H,24,27)(H,25,26). The number of thioether (sulfide) groups is 1. The average Bonchev–Trinajstić information content (AvgIpc) is 3.18. The van der Waals surface area contributed by atoms with Crippen molar-refractivity contribution < 1.29 is 9.59 Å². The zero-order chi connectivity index (χ0) is 19.8. The number of H-pyrrole nitrogens is 1. The van der Waals surface area contributed by atoms with Crippen LogP contribution in [0.1, 0.15) is 10.4 Å². The molecule has 0 radical (unpaired) electrons. The highest BCUT2D eigenvalue weighted by Crippen LogP contribution is 2.32. The molecule has 3 N–H and O–H groups in total. The van der Waals surface area contributed by atoms with Gasteiger partial charge in [-0.3, -0.25) is 9.59 Å². The van der Waals surface area contributed by atoms with Gasteiger partial charge in [0, 0.05) is 21.7 Å². The van der Waals surface area contributed by atoms with Crippen LogP contribution in [-0.2, 0) is 4.79 Å². The second-order valence-corrected chi connectivity index (χ2v) is 7.70. The minimum absolute atomic E-state index is 0.0569. The Morgan fingerprint density at radius 2 is 1.93 bits per heavy atom. The molecule has 3 aromatic carbocycles. The molecule has 0 bridgehead atoms. The van der Waals surface area contributed by atoms with Crippen LogP contribution in [0.25, 0.3) is 22.4 Å². The first-order chi connectivity index (χ1) is 14.2. The van der Waals surface area contributed by atoms with Crippen molar-refractivity contribution in [2.75, 3.05) is 16.4 Å². The molecule has 0 spiro atoms. The average molecular weight is 400 g/mol. The summed E-state index contributed by atoms with van der Waals surface area (Å²) in [5.74, 6) is 0.849. The monoisotopic (exact) mass is 400 g/mol. The van der Waals surface area contributed by atoms with Gasteiger partial charge in [0.2, 0.25) is 5.91 Å². The summed E-state index contributed by atoms with van der Waals surface area (Å²) in [6, 6.07) is 20.7. The fraction of sp³-hybridized carbons (Fsp3) is 0.0455. The van der Waals surface area contributed by atoms with Gasteiger partial charge in [-0.25, -0.2) is 4.98 Å². The number of amides is 2. The predicted octanol–water partition coefficient (Wildman–Crippen LogP) is 4.53. The molecule has 0 atom stereocenters. The fourth-order valence-electron chi connectivity index (χ4n) is 3.26. The molecular formula is C22H16N4O2S. The van der Waals surface area contributed by atoms with E-state index in [4.69, 9.17) is 0 Å². The summed E-state index contributed by atoms with van der Waals surface area (Å²) in [6.45, 7) is 0. The lowest BCUT2D eigenvalue weighted by molar-refractivity contribution is -0.113. The minimum atomic E-state index is -0.237. The summed E-state index contributed by atoms with van der Waals surface area (Å²) in [5.41, 5.74) is 4.57. The number of aromatic amines is 1. The Labute approximate surface area is 170 Å². The van der Waals surface area contributed by atoms with Crippen molar-refractivity contribution in [3.05, 3.63) is 72.3 Å². The molecule has 4 aromatic rings. The summed E-state index contributed by atoms with van der Waals surface area (Å²) in [4.78, 5) is 33.2. The van der Waals surface area contributed by atoms with Crippen LogP contribution in [0.2, 0.25) is 0 Å². The quantitative estimate of drug-likeness (QED) is 0.472. The van der Waals surface area contributed by atoms with Gasteiger partial charge in [-0.1, -0.05) is 24.3 Å². The summed E-state index contributed by atoms with van der Waals surface area (Å²) in [6.07, 6.45) is 0. The molecule has 6 nitrogen and oxygen atoms in total. The molecule has 0 saturated heterocycles. The Morgan fingerprint density at radius 3 is 2.83 bits per heavy atom. The van der Waals surface area contributed by atoms with E-state index in [0.717, 1.165) is 27.3 Å². The van der Waals surface area contributed by atoms with E-state index in [1.807, 2.05) is 54.6 Å². The number of hydrogen-bond donors (Lipinski definition) is 3. The van der Waals surface area contributed by atoms with E-state index < -0.39 is 0 Å². The summed E-state index contributed by atoms with van der Waals surface area (Å²) < 4.78 is 0. The van der Waals surface area contributed by atoms with Crippen LogP contribution in [0, 0.1) is 0 Å². The van der Waals surface area contributed by atoms with Crippen molar-refractivity contribution >= 4 is 46.0 Å². The van der Waals surface area contributed by atoms with E-state index in [0.29, 0.717) is 22.7 Å². The topological polar surface area (TPSA) is 86.9 Å². The number of carbonyl (C=O) groups is 2. The van der Waals surface area contributed by atoms with Gasteiger partial charge in [-0.05, 0) is 42.5 Å². The molecule has 142 valence electrons. The van der Waals surface area contributed by atoms with Gasteiger partial charge in [-0.2, -0.15) is 0 Å². The molecule has 2 amide bonds. The molecule has 1 aromatic heterocycles. The zero-order valence-electron chi connectivity index (χ0n) is 15.2. The summed E-state index contributed by atoms with van der Waals surface area (Å²) >= 11 is 1.47. The second kappa shape index (κ2) is 7.10. The number of anilines is 2. The van der Waals surface area contributed by atoms with Crippen LogP contribution in [0.15, 0.2) is 71.6 Å². The van der Waals surface area contributed by atoms with Gasteiger partial charge in [0.25, 0.3) is 5.91 Å². The Kier molecular flexibility index (Phi) is 4.29. The summed E-state index contributed by atoms with van der Waals surface area (Å²) in [5, 5.41) is 5.73. The number of nitrogens with one attached hydrogen (secondary N) is 3. The van der Waals surface area contributed by atoms with Crippen LogP contribution in [-0.4, -0.2) is 27.5 Å². The maximum absolute atomic E-state index is 12.7. The van der Waals surface area contributed by atoms with Crippen molar-refractivity contribution in [3.8, 4) is 11.4 Å². The first kappa shape index (κ1) is 17.5. The van der Waals surface area contributed by atoms with Crippen LogP contribution in [0.3, 0.4) is 0 Å². The van der Waals surface area contributed by atoms with Gasteiger partial charge in [-0.15, -0.1) is 11.8 Å². The number of aromatic nitrogens is 2. The maximum atomic E-state index is 12.7. The van der Waals surface area contributed by atoms with E-state index in [1.54, 1.807) is 12.1 Å². The smallest absolute Gasteiger partial charge is 0.255 e. The number of carbonyl (C=O) groups excluding carboxylic acids is 2. The molecule has 0 saturated carbocycles.